The summed E-state index contributed by atoms with van der Waals surface area (Å²) < 4.78 is 17.2. The maximum atomic E-state index is 12.5. The zero-order chi connectivity index (χ0) is 20.1. The van der Waals surface area contributed by atoms with Crippen LogP contribution in [-0.2, 0) is 4.74 Å². The Morgan fingerprint density at radius 1 is 1.07 bits per heavy atom. The minimum atomic E-state index is -0.354. The molecule has 2 aromatic rings. The van der Waals surface area contributed by atoms with Gasteiger partial charge in [0.05, 0.1) is 17.7 Å². The van der Waals surface area contributed by atoms with Gasteiger partial charge in [0.2, 0.25) is 0 Å². The first-order valence-electron chi connectivity index (χ1n) is 10.0. The molecule has 2 N–H and O–H groups in total. The summed E-state index contributed by atoms with van der Waals surface area (Å²) in [4.78, 5) is 17.9. The Kier molecular flexibility index (Phi) is 6.80. The summed E-state index contributed by atoms with van der Waals surface area (Å²) in [7, 11) is 0. The van der Waals surface area contributed by atoms with E-state index in [4.69, 9.17) is 14.2 Å². The number of esters is 1. The minimum Gasteiger partial charge on any atom is -0.491 e. The quantitative estimate of drug-likeness (QED) is 0.676. The predicted molar refractivity (Wildman–Crippen MR) is 109 cm³/mol. The van der Waals surface area contributed by atoms with Crippen LogP contribution in [0.5, 0.6) is 11.5 Å². The molecule has 1 aliphatic heterocycles. The molecule has 7 heteroatoms. The molecule has 28 heavy (non-hydrogen) atoms. The molecule has 0 atom stereocenters. The number of carbonyl (C=O) groups is 1. The molecule has 0 bridgehead atoms. The van der Waals surface area contributed by atoms with Crippen molar-refractivity contribution in [3.05, 3.63) is 23.9 Å². The van der Waals surface area contributed by atoms with Gasteiger partial charge in [-0.15, -0.1) is 0 Å². The van der Waals surface area contributed by atoms with Gasteiger partial charge in [-0.2, -0.15) is 0 Å². The number of piperazine rings is 1. The molecular weight excluding hydrogens is 358 g/mol. The van der Waals surface area contributed by atoms with Crippen LogP contribution in [0.3, 0.4) is 0 Å². The Hall–Kier alpha value is -2.25. The van der Waals surface area contributed by atoms with Crippen LogP contribution in [0.2, 0.25) is 0 Å². The van der Waals surface area contributed by atoms with E-state index in [1.54, 1.807) is 6.07 Å². The van der Waals surface area contributed by atoms with E-state index >= 15 is 0 Å². The largest absolute Gasteiger partial charge is 0.491 e. The summed E-state index contributed by atoms with van der Waals surface area (Å²) in [6, 6.07) is 5.55. The van der Waals surface area contributed by atoms with E-state index < -0.39 is 0 Å². The number of carbonyl (C=O) groups excluding carboxylic acids is 1. The highest BCUT2D eigenvalue weighted by atomic mass is 16.5. The second-order valence-electron chi connectivity index (χ2n) is 7.63. The van der Waals surface area contributed by atoms with E-state index in [1.807, 2.05) is 39.8 Å². The number of fused-ring (bicyclic) bond motifs is 1. The molecule has 3 rings (SSSR count). The lowest BCUT2D eigenvalue weighted by Crippen LogP contribution is -2.44. The van der Waals surface area contributed by atoms with Gasteiger partial charge in [0.15, 0.2) is 0 Å². The third-order valence-electron chi connectivity index (χ3n) is 4.48. The van der Waals surface area contributed by atoms with Crippen molar-refractivity contribution in [1.82, 2.24) is 15.2 Å². The predicted octanol–water partition coefficient (Wildman–Crippen LogP) is 2.80. The van der Waals surface area contributed by atoms with Crippen LogP contribution in [0.15, 0.2) is 18.2 Å². The van der Waals surface area contributed by atoms with E-state index in [0.717, 1.165) is 43.6 Å². The number of hydrogen-bond acceptors (Lipinski definition) is 6. The molecule has 1 aromatic carbocycles. The number of benzene rings is 1. The smallest absolute Gasteiger partial charge is 0.354 e. The lowest BCUT2D eigenvalue weighted by Gasteiger charge is -2.26. The molecule has 0 spiro atoms. The van der Waals surface area contributed by atoms with Crippen LogP contribution in [0.25, 0.3) is 10.9 Å². The molecule has 2 heterocycles. The van der Waals surface area contributed by atoms with E-state index in [0.29, 0.717) is 23.8 Å². The third-order valence-corrected chi connectivity index (χ3v) is 4.48. The van der Waals surface area contributed by atoms with Crippen LogP contribution < -0.4 is 14.8 Å². The van der Waals surface area contributed by atoms with Crippen molar-refractivity contribution >= 4 is 16.9 Å². The van der Waals surface area contributed by atoms with Crippen molar-refractivity contribution in [2.24, 2.45) is 0 Å². The van der Waals surface area contributed by atoms with Crippen molar-refractivity contribution in [2.75, 3.05) is 39.3 Å². The lowest BCUT2D eigenvalue weighted by atomic mass is 10.2. The first-order valence-corrected chi connectivity index (χ1v) is 10.0. The zero-order valence-corrected chi connectivity index (χ0v) is 17.2. The molecule has 0 radical (unpaired) electrons. The highest BCUT2D eigenvalue weighted by Crippen LogP contribution is 2.33. The highest BCUT2D eigenvalue weighted by Gasteiger charge is 2.17. The van der Waals surface area contributed by atoms with Gasteiger partial charge in [-0.1, -0.05) is 0 Å². The van der Waals surface area contributed by atoms with Crippen molar-refractivity contribution in [2.45, 2.75) is 39.9 Å². The monoisotopic (exact) mass is 389 g/mol. The Morgan fingerprint density at radius 3 is 2.46 bits per heavy atom. The SMILES string of the molecule is CC(C)Oc1cc(OC(C)C)c2cc(C(=O)OCCN3CCNCC3)[nH]c2c1. The number of aromatic amines is 1. The summed E-state index contributed by atoms with van der Waals surface area (Å²) in [5.41, 5.74) is 1.22. The van der Waals surface area contributed by atoms with Crippen molar-refractivity contribution in [3.63, 3.8) is 0 Å². The van der Waals surface area contributed by atoms with Crippen LogP contribution in [0.1, 0.15) is 38.2 Å². The fraction of sp³-hybridized carbons (Fsp3) is 0.571. The van der Waals surface area contributed by atoms with Gasteiger partial charge in [-0.25, -0.2) is 4.79 Å². The first-order chi connectivity index (χ1) is 13.4. The Morgan fingerprint density at radius 2 is 1.79 bits per heavy atom. The molecule has 0 amide bonds. The molecule has 0 aliphatic carbocycles. The van der Waals surface area contributed by atoms with E-state index in [1.165, 1.54) is 0 Å². The summed E-state index contributed by atoms with van der Waals surface area (Å²) in [6.07, 6.45) is 0.0653. The Labute approximate surface area is 166 Å². The number of nitrogens with zero attached hydrogens (tertiary/aromatic N) is 1. The molecule has 1 aliphatic rings. The van der Waals surface area contributed by atoms with Gasteiger partial charge in [-0.3, -0.25) is 4.90 Å². The van der Waals surface area contributed by atoms with Crippen LogP contribution in [0, 0.1) is 0 Å². The number of ether oxygens (including phenoxy) is 3. The molecule has 1 saturated heterocycles. The maximum absolute atomic E-state index is 12.5. The van der Waals surface area contributed by atoms with Crippen LogP contribution in [-0.4, -0.2) is 67.4 Å². The molecule has 0 unspecified atom stereocenters. The van der Waals surface area contributed by atoms with Gasteiger partial charge in [0.25, 0.3) is 0 Å². The van der Waals surface area contributed by atoms with E-state index in [2.05, 4.69) is 15.2 Å². The van der Waals surface area contributed by atoms with Gasteiger partial charge in [0, 0.05) is 50.2 Å². The molecule has 154 valence electrons. The van der Waals surface area contributed by atoms with E-state index in [9.17, 15) is 4.79 Å². The Bertz CT molecular complexity index is 794. The standard InChI is InChI=1S/C21H31N3O4/c1-14(2)27-16-11-18-17(20(12-16)28-15(3)4)13-19(23-18)21(25)26-10-9-24-7-5-22-6-8-24/h11-15,22-23H,5-10H2,1-4H3. The average molecular weight is 389 g/mol. The van der Waals surface area contributed by atoms with Crippen LogP contribution in [0.4, 0.5) is 0 Å². The lowest BCUT2D eigenvalue weighted by molar-refractivity contribution is 0.0450. The van der Waals surface area contributed by atoms with Crippen molar-refractivity contribution in [3.8, 4) is 11.5 Å². The maximum Gasteiger partial charge on any atom is 0.354 e. The van der Waals surface area contributed by atoms with Gasteiger partial charge in [-0.05, 0) is 33.8 Å². The van der Waals surface area contributed by atoms with Crippen molar-refractivity contribution in [1.29, 1.82) is 0 Å². The summed E-state index contributed by atoms with van der Waals surface area (Å²) in [6.45, 7) is 13.0. The molecule has 0 saturated carbocycles. The minimum absolute atomic E-state index is 0.0156. The second-order valence-corrected chi connectivity index (χ2v) is 7.63. The fourth-order valence-electron chi connectivity index (χ4n) is 3.26. The summed E-state index contributed by atoms with van der Waals surface area (Å²) >= 11 is 0. The Balaban J connectivity index is 1.72. The van der Waals surface area contributed by atoms with Gasteiger partial charge < -0.3 is 24.5 Å². The second kappa shape index (κ2) is 9.30. The van der Waals surface area contributed by atoms with Gasteiger partial charge >= 0.3 is 5.97 Å². The van der Waals surface area contributed by atoms with Gasteiger partial charge in [0.1, 0.15) is 23.8 Å². The number of nitrogens with one attached hydrogen (secondary N) is 2. The summed E-state index contributed by atoms with van der Waals surface area (Å²) in [5.74, 6) is 1.05. The number of H-pyrrole nitrogens is 1. The average Bonchev–Trinajstić information content (AvgIpc) is 3.06. The molecular formula is C21H31N3O4. The number of rotatable bonds is 8. The third kappa shape index (κ3) is 5.39. The summed E-state index contributed by atoms with van der Waals surface area (Å²) in [5, 5.41) is 4.16. The normalized spacial score (nSPS) is 15.4. The fourth-order valence-corrected chi connectivity index (χ4v) is 3.26. The molecule has 1 fully saturated rings. The highest BCUT2D eigenvalue weighted by molar-refractivity contribution is 5.97. The molecule has 1 aromatic heterocycles. The molecule has 7 nitrogen and oxygen atoms in total. The topological polar surface area (TPSA) is 75.8 Å². The first kappa shape index (κ1) is 20.5. The number of aromatic nitrogens is 1. The zero-order valence-electron chi connectivity index (χ0n) is 17.2. The van der Waals surface area contributed by atoms with E-state index in [-0.39, 0.29) is 18.2 Å². The van der Waals surface area contributed by atoms with Crippen LogP contribution >= 0.6 is 0 Å². The van der Waals surface area contributed by atoms with Crippen molar-refractivity contribution < 1.29 is 19.0 Å². The number of hydrogen-bond donors (Lipinski definition) is 2.